The Balaban J connectivity index is -0.000000720. The van der Waals surface area contributed by atoms with Gasteiger partial charge in [-0.1, -0.05) is 14.9 Å². The third-order valence-corrected chi connectivity index (χ3v) is 1.42. The van der Waals surface area contributed by atoms with Gasteiger partial charge < -0.3 is 25.6 Å². The molecule has 0 aromatic rings. The van der Waals surface area contributed by atoms with Crippen LogP contribution in [0.4, 0.5) is 0 Å². The van der Waals surface area contributed by atoms with Crippen molar-refractivity contribution >= 4 is 0 Å². The third-order valence-electron chi connectivity index (χ3n) is 1.42. The van der Waals surface area contributed by atoms with Crippen molar-refractivity contribution in [3.63, 3.8) is 0 Å². The van der Waals surface area contributed by atoms with Gasteiger partial charge in [-0.2, -0.15) is 0 Å². The molecule has 0 atom stereocenters. The molecule has 4 N–H and O–H groups in total. The van der Waals surface area contributed by atoms with Crippen LogP contribution in [0.3, 0.4) is 0 Å². The van der Waals surface area contributed by atoms with Crippen LogP contribution in [0.5, 0.6) is 0 Å². The Morgan fingerprint density at radius 1 is 0.733 bits per heavy atom. The average molecular weight is 224 g/mol. The quantitative estimate of drug-likeness (QED) is 0.374. The zero-order valence-electron chi connectivity index (χ0n) is 7.96. The molecule has 0 amide bonds. The Morgan fingerprint density at radius 3 is 1.47 bits per heavy atom. The lowest BCUT2D eigenvalue weighted by molar-refractivity contribution is 0.135. The fraction of sp³-hybridized carbons (Fsp3) is 1.00. The highest BCUT2D eigenvalue weighted by Crippen LogP contribution is 1.71. The third kappa shape index (κ3) is 20.0. The summed E-state index contributed by atoms with van der Waals surface area (Å²) in [5.74, 6) is 0. The van der Waals surface area contributed by atoms with E-state index in [0.29, 0.717) is 26.3 Å². The molecule has 0 spiro atoms. The molecular formula is C10H28N2O3. The molecule has 0 aliphatic rings. The number of nitrogens with one attached hydrogen (secondary N) is 2. The van der Waals surface area contributed by atoms with E-state index in [4.69, 9.17) is 14.9 Å². The number of aliphatic hydroxyl groups is 2. The lowest BCUT2D eigenvalue weighted by Gasteiger charge is -2.05. The van der Waals surface area contributed by atoms with Gasteiger partial charge in [0.05, 0.1) is 26.4 Å². The zero-order chi connectivity index (χ0) is 9.78. The van der Waals surface area contributed by atoms with Crippen LogP contribution >= 0.6 is 0 Å². The highest BCUT2D eigenvalue weighted by Gasteiger charge is 1.88. The molecule has 0 aromatic carbocycles. The van der Waals surface area contributed by atoms with Crippen molar-refractivity contribution < 1.29 is 14.9 Å². The largest absolute Gasteiger partial charge is 0.395 e. The van der Waals surface area contributed by atoms with Crippen molar-refractivity contribution in [1.82, 2.24) is 10.6 Å². The first-order valence-electron chi connectivity index (χ1n) is 4.62. The molecule has 0 rings (SSSR count). The van der Waals surface area contributed by atoms with Crippen LogP contribution in [0.1, 0.15) is 14.9 Å². The van der Waals surface area contributed by atoms with E-state index in [-0.39, 0.29) is 28.1 Å². The molecule has 0 heterocycles. The molecule has 5 nitrogen and oxygen atoms in total. The van der Waals surface area contributed by atoms with E-state index < -0.39 is 0 Å². The van der Waals surface area contributed by atoms with E-state index in [1.54, 1.807) is 0 Å². The van der Waals surface area contributed by atoms with E-state index in [1.807, 2.05) is 0 Å². The first-order chi connectivity index (χ1) is 6.41. The van der Waals surface area contributed by atoms with Gasteiger partial charge in [-0.05, 0) is 0 Å². The Kier molecular flexibility index (Phi) is 26.2. The predicted octanol–water partition coefficient (Wildman–Crippen LogP) is -0.561. The lowest BCUT2D eigenvalue weighted by atomic mass is 10.6. The molecule has 0 bridgehead atoms. The lowest BCUT2D eigenvalue weighted by Crippen LogP contribution is -2.26. The fourth-order valence-electron chi connectivity index (χ4n) is 0.799. The highest BCUT2D eigenvalue weighted by atomic mass is 16.5. The number of hydrogen-bond acceptors (Lipinski definition) is 5. The van der Waals surface area contributed by atoms with E-state index in [1.165, 1.54) is 0 Å². The Bertz CT molecular complexity index is 84.7. The molecule has 15 heavy (non-hydrogen) atoms. The van der Waals surface area contributed by atoms with Crippen molar-refractivity contribution in [2.24, 2.45) is 0 Å². The summed E-state index contributed by atoms with van der Waals surface area (Å²) in [5, 5.41) is 22.9. The summed E-state index contributed by atoms with van der Waals surface area (Å²) in [6.45, 7) is 4.40. The van der Waals surface area contributed by atoms with Crippen LogP contribution in [0, 0.1) is 0 Å². The smallest absolute Gasteiger partial charge is 0.0591 e. The number of hydrogen-bond donors (Lipinski definition) is 4. The number of ether oxygens (including phenoxy) is 1. The van der Waals surface area contributed by atoms with Gasteiger partial charge in [0.15, 0.2) is 0 Å². The summed E-state index contributed by atoms with van der Waals surface area (Å²) in [6.07, 6.45) is 0. The Hall–Kier alpha value is -0.200. The van der Waals surface area contributed by atoms with Gasteiger partial charge in [0.25, 0.3) is 0 Å². The Morgan fingerprint density at radius 2 is 1.13 bits per heavy atom. The topological polar surface area (TPSA) is 73.8 Å². The fourth-order valence-corrected chi connectivity index (χ4v) is 0.799. The summed E-state index contributed by atoms with van der Waals surface area (Å²) >= 11 is 0. The predicted molar refractivity (Wildman–Crippen MR) is 64.2 cm³/mol. The maximum Gasteiger partial charge on any atom is 0.0591 e. The summed E-state index contributed by atoms with van der Waals surface area (Å²) in [7, 11) is 0. The van der Waals surface area contributed by atoms with Crippen molar-refractivity contribution in [3.8, 4) is 0 Å². The molecule has 96 valence electrons. The standard InChI is InChI=1S/C8H20N2O3.2CH4/c11-5-1-9-3-7-13-8-4-10-2-6-12;;/h9-12H,1-8H2;2*1H4. The van der Waals surface area contributed by atoms with E-state index in [2.05, 4.69) is 10.6 Å². The monoisotopic (exact) mass is 224 g/mol. The minimum atomic E-state index is 0. The van der Waals surface area contributed by atoms with Gasteiger partial charge in [0.2, 0.25) is 0 Å². The van der Waals surface area contributed by atoms with Crippen LogP contribution in [0.25, 0.3) is 0 Å². The average Bonchev–Trinajstić information content (AvgIpc) is 2.16. The Labute approximate surface area is 93.8 Å². The minimum absolute atomic E-state index is 0. The normalized spacial score (nSPS) is 9.20. The van der Waals surface area contributed by atoms with Gasteiger partial charge in [0, 0.05) is 26.2 Å². The van der Waals surface area contributed by atoms with Gasteiger partial charge in [0.1, 0.15) is 0 Å². The summed E-state index contributed by atoms with van der Waals surface area (Å²) < 4.78 is 5.24. The maximum atomic E-state index is 8.43. The van der Waals surface area contributed by atoms with E-state index in [9.17, 15) is 0 Å². The van der Waals surface area contributed by atoms with Crippen LogP contribution in [-0.2, 0) is 4.74 Å². The van der Waals surface area contributed by atoms with Crippen LogP contribution in [0.2, 0.25) is 0 Å². The first kappa shape index (κ1) is 20.2. The number of aliphatic hydroxyl groups excluding tert-OH is 2. The summed E-state index contributed by atoms with van der Waals surface area (Å²) in [6, 6.07) is 0. The molecule has 0 fully saturated rings. The molecule has 5 heteroatoms. The van der Waals surface area contributed by atoms with E-state index >= 15 is 0 Å². The maximum absolute atomic E-state index is 8.43. The molecule has 0 saturated heterocycles. The molecule has 0 saturated carbocycles. The van der Waals surface area contributed by atoms with Crippen LogP contribution < -0.4 is 10.6 Å². The molecule has 0 unspecified atom stereocenters. The second-order valence-corrected chi connectivity index (χ2v) is 2.56. The molecule has 0 aromatic heterocycles. The highest BCUT2D eigenvalue weighted by molar-refractivity contribution is 4.46. The van der Waals surface area contributed by atoms with Crippen molar-refractivity contribution in [1.29, 1.82) is 0 Å². The second-order valence-electron chi connectivity index (χ2n) is 2.56. The SMILES string of the molecule is C.C.OCCNCCOCCNCCO. The minimum Gasteiger partial charge on any atom is -0.395 e. The van der Waals surface area contributed by atoms with Crippen LogP contribution in [0.15, 0.2) is 0 Å². The van der Waals surface area contributed by atoms with Crippen LogP contribution in [-0.4, -0.2) is 62.8 Å². The van der Waals surface area contributed by atoms with Gasteiger partial charge >= 0.3 is 0 Å². The summed E-state index contributed by atoms with van der Waals surface area (Å²) in [5.41, 5.74) is 0. The van der Waals surface area contributed by atoms with Gasteiger partial charge in [-0.25, -0.2) is 0 Å². The van der Waals surface area contributed by atoms with Crippen molar-refractivity contribution in [3.05, 3.63) is 0 Å². The van der Waals surface area contributed by atoms with Crippen molar-refractivity contribution in [2.75, 3.05) is 52.6 Å². The van der Waals surface area contributed by atoms with Gasteiger partial charge in [-0.3, -0.25) is 0 Å². The summed E-state index contributed by atoms with van der Waals surface area (Å²) in [4.78, 5) is 0. The molecule has 0 aliphatic carbocycles. The first-order valence-corrected chi connectivity index (χ1v) is 4.62. The van der Waals surface area contributed by atoms with Crippen molar-refractivity contribution in [2.45, 2.75) is 14.9 Å². The molecule has 0 aliphatic heterocycles. The van der Waals surface area contributed by atoms with Gasteiger partial charge in [-0.15, -0.1) is 0 Å². The molecular weight excluding hydrogens is 196 g/mol. The molecule has 0 radical (unpaired) electrons. The second kappa shape index (κ2) is 19.4. The number of rotatable bonds is 10. The zero-order valence-corrected chi connectivity index (χ0v) is 7.96. The van der Waals surface area contributed by atoms with E-state index in [0.717, 1.165) is 13.1 Å².